The van der Waals surface area contributed by atoms with Gasteiger partial charge in [-0.3, -0.25) is 9.36 Å². The molecular formula is C13H19N3O. The quantitative estimate of drug-likeness (QED) is 0.853. The Labute approximate surface area is 101 Å². The molecule has 4 nitrogen and oxygen atoms in total. The van der Waals surface area contributed by atoms with Crippen LogP contribution in [0.2, 0.25) is 0 Å². The molecule has 1 atom stereocenters. The predicted octanol–water partition coefficient (Wildman–Crippen LogP) is 1.18. The van der Waals surface area contributed by atoms with Crippen molar-refractivity contribution >= 4 is 0 Å². The van der Waals surface area contributed by atoms with Crippen molar-refractivity contribution < 1.29 is 0 Å². The van der Waals surface area contributed by atoms with E-state index >= 15 is 0 Å². The molecule has 0 bridgehead atoms. The van der Waals surface area contributed by atoms with Crippen LogP contribution >= 0.6 is 0 Å². The van der Waals surface area contributed by atoms with E-state index in [1.807, 2.05) is 11.5 Å². The second-order valence-corrected chi connectivity index (χ2v) is 5.24. The Morgan fingerprint density at radius 3 is 2.88 bits per heavy atom. The molecule has 1 aromatic heterocycles. The summed E-state index contributed by atoms with van der Waals surface area (Å²) in [7, 11) is 0. The van der Waals surface area contributed by atoms with E-state index in [2.05, 4.69) is 10.3 Å². The van der Waals surface area contributed by atoms with Crippen LogP contribution in [0.4, 0.5) is 0 Å². The third kappa shape index (κ3) is 2.27. The van der Waals surface area contributed by atoms with Crippen molar-refractivity contribution in [2.45, 2.75) is 51.1 Å². The molecule has 2 aliphatic rings. The van der Waals surface area contributed by atoms with Gasteiger partial charge in [0.25, 0.3) is 5.56 Å². The van der Waals surface area contributed by atoms with E-state index in [0.29, 0.717) is 12.0 Å². The largest absolute Gasteiger partial charge is 0.312 e. The Morgan fingerprint density at radius 2 is 2.29 bits per heavy atom. The number of hydrogen-bond acceptors (Lipinski definition) is 3. The van der Waals surface area contributed by atoms with E-state index in [1.54, 1.807) is 6.07 Å². The van der Waals surface area contributed by atoms with Crippen LogP contribution in [0.5, 0.6) is 0 Å². The Bertz CT molecular complexity index is 470. The van der Waals surface area contributed by atoms with Gasteiger partial charge in [0.05, 0.1) is 5.69 Å². The van der Waals surface area contributed by atoms with Crippen molar-refractivity contribution in [1.82, 2.24) is 14.9 Å². The third-order valence-electron chi connectivity index (χ3n) is 3.78. The summed E-state index contributed by atoms with van der Waals surface area (Å²) in [6.07, 6.45) is 4.77. The van der Waals surface area contributed by atoms with Crippen LogP contribution in [-0.2, 0) is 6.54 Å². The second-order valence-electron chi connectivity index (χ2n) is 5.24. The normalized spacial score (nSPS) is 24.2. The number of nitrogens with zero attached hydrogens (tertiary/aromatic N) is 2. The van der Waals surface area contributed by atoms with E-state index in [9.17, 15) is 4.79 Å². The Balaban J connectivity index is 1.85. The first-order chi connectivity index (χ1) is 8.24. The first-order valence-corrected chi connectivity index (χ1v) is 6.56. The average molecular weight is 233 g/mol. The Morgan fingerprint density at radius 1 is 1.47 bits per heavy atom. The topological polar surface area (TPSA) is 46.9 Å². The smallest absolute Gasteiger partial charge is 0.253 e. The molecule has 0 amide bonds. The fraction of sp³-hybridized carbons (Fsp3) is 0.692. The number of nitrogens with one attached hydrogen (secondary N) is 1. The van der Waals surface area contributed by atoms with Crippen LogP contribution in [0.25, 0.3) is 0 Å². The maximum Gasteiger partial charge on any atom is 0.253 e. The molecule has 17 heavy (non-hydrogen) atoms. The summed E-state index contributed by atoms with van der Waals surface area (Å²) in [5.74, 6) is 1.42. The standard InChI is InChI=1S/C13H19N3O/c1-9-15-12(10-4-5-10)7-13(17)16(9)8-11-3-2-6-14-11/h7,10-11,14H,2-6,8H2,1H3. The SMILES string of the molecule is Cc1nc(C2CC2)cc(=O)n1CC1CCCN1. The lowest BCUT2D eigenvalue weighted by atomic mass is 10.2. The van der Waals surface area contributed by atoms with Crippen molar-refractivity contribution in [3.63, 3.8) is 0 Å². The molecule has 0 radical (unpaired) electrons. The van der Waals surface area contributed by atoms with Crippen molar-refractivity contribution in [3.8, 4) is 0 Å². The lowest BCUT2D eigenvalue weighted by molar-refractivity contribution is 0.484. The molecule has 1 aliphatic carbocycles. The maximum absolute atomic E-state index is 12.1. The summed E-state index contributed by atoms with van der Waals surface area (Å²) in [6.45, 7) is 3.79. The van der Waals surface area contributed by atoms with Gasteiger partial charge in [0, 0.05) is 24.6 Å². The zero-order valence-electron chi connectivity index (χ0n) is 10.3. The van der Waals surface area contributed by atoms with Crippen LogP contribution in [0.1, 0.15) is 43.1 Å². The van der Waals surface area contributed by atoms with Gasteiger partial charge in [0.15, 0.2) is 0 Å². The highest BCUT2D eigenvalue weighted by Gasteiger charge is 2.26. The molecule has 1 saturated heterocycles. The maximum atomic E-state index is 12.1. The van der Waals surface area contributed by atoms with Crippen LogP contribution in [-0.4, -0.2) is 22.1 Å². The zero-order valence-corrected chi connectivity index (χ0v) is 10.3. The molecule has 1 aliphatic heterocycles. The second kappa shape index (κ2) is 4.26. The monoisotopic (exact) mass is 233 g/mol. The van der Waals surface area contributed by atoms with Gasteiger partial charge in [-0.15, -0.1) is 0 Å². The fourth-order valence-corrected chi connectivity index (χ4v) is 2.59. The molecule has 1 aromatic rings. The van der Waals surface area contributed by atoms with E-state index in [4.69, 9.17) is 0 Å². The predicted molar refractivity (Wildman–Crippen MR) is 66.2 cm³/mol. The van der Waals surface area contributed by atoms with Gasteiger partial charge in [-0.1, -0.05) is 0 Å². The van der Waals surface area contributed by atoms with Crippen molar-refractivity contribution in [2.24, 2.45) is 0 Å². The van der Waals surface area contributed by atoms with E-state index < -0.39 is 0 Å². The minimum Gasteiger partial charge on any atom is -0.312 e. The molecule has 3 rings (SSSR count). The molecular weight excluding hydrogens is 214 g/mol. The summed E-state index contributed by atoms with van der Waals surface area (Å²) < 4.78 is 1.81. The van der Waals surface area contributed by atoms with Gasteiger partial charge in [-0.05, 0) is 39.2 Å². The van der Waals surface area contributed by atoms with Gasteiger partial charge >= 0.3 is 0 Å². The zero-order chi connectivity index (χ0) is 11.8. The van der Waals surface area contributed by atoms with E-state index in [-0.39, 0.29) is 5.56 Å². The summed E-state index contributed by atoms with van der Waals surface area (Å²) in [4.78, 5) is 16.6. The average Bonchev–Trinajstić information content (AvgIpc) is 3.02. The molecule has 2 fully saturated rings. The summed E-state index contributed by atoms with van der Waals surface area (Å²) in [5.41, 5.74) is 1.12. The van der Waals surface area contributed by atoms with Crippen molar-refractivity contribution in [1.29, 1.82) is 0 Å². The molecule has 4 heteroatoms. The van der Waals surface area contributed by atoms with Gasteiger partial charge in [-0.2, -0.15) is 0 Å². The molecule has 2 heterocycles. The lowest BCUT2D eigenvalue weighted by Gasteiger charge is -2.15. The summed E-state index contributed by atoms with van der Waals surface area (Å²) in [5, 5.41) is 3.42. The molecule has 1 N–H and O–H groups in total. The molecule has 0 aromatic carbocycles. The number of aromatic nitrogens is 2. The fourth-order valence-electron chi connectivity index (χ4n) is 2.59. The Kier molecular flexibility index (Phi) is 2.74. The van der Waals surface area contributed by atoms with Crippen LogP contribution in [0, 0.1) is 6.92 Å². The van der Waals surface area contributed by atoms with Gasteiger partial charge in [0.1, 0.15) is 5.82 Å². The van der Waals surface area contributed by atoms with Gasteiger partial charge in [0.2, 0.25) is 0 Å². The van der Waals surface area contributed by atoms with Crippen LogP contribution < -0.4 is 10.9 Å². The summed E-state index contributed by atoms with van der Waals surface area (Å²) >= 11 is 0. The molecule has 1 saturated carbocycles. The highest BCUT2D eigenvalue weighted by atomic mass is 16.1. The molecule has 92 valence electrons. The minimum absolute atomic E-state index is 0.119. The molecule has 0 spiro atoms. The van der Waals surface area contributed by atoms with Crippen molar-refractivity contribution in [2.75, 3.05) is 6.54 Å². The first kappa shape index (κ1) is 11.0. The number of aryl methyl sites for hydroxylation is 1. The number of hydrogen-bond donors (Lipinski definition) is 1. The lowest BCUT2D eigenvalue weighted by Crippen LogP contribution is -2.34. The van der Waals surface area contributed by atoms with Crippen LogP contribution in [0.15, 0.2) is 10.9 Å². The minimum atomic E-state index is 0.119. The van der Waals surface area contributed by atoms with Crippen LogP contribution in [0.3, 0.4) is 0 Å². The first-order valence-electron chi connectivity index (χ1n) is 6.56. The van der Waals surface area contributed by atoms with Crippen molar-refractivity contribution in [3.05, 3.63) is 27.9 Å². The third-order valence-corrected chi connectivity index (χ3v) is 3.78. The highest BCUT2D eigenvalue weighted by Crippen LogP contribution is 2.38. The molecule has 1 unspecified atom stereocenters. The Hall–Kier alpha value is -1.16. The summed E-state index contributed by atoms with van der Waals surface area (Å²) in [6, 6.07) is 2.18. The highest BCUT2D eigenvalue weighted by molar-refractivity contribution is 5.14. The van der Waals surface area contributed by atoms with E-state index in [0.717, 1.165) is 31.0 Å². The van der Waals surface area contributed by atoms with E-state index in [1.165, 1.54) is 19.3 Å². The number of rotatable bonds is 3. The van der Waals surface area contributed by atoms with Gasteiger partial charge in [-0.25, -0.2) is 4.98 Å². The van der Waals surface area contributed by atoms with Gasteiger partial charge < -0.3 is 5.32 Å².